The quantitative estimate of drug-likeness (QED) is 0.439. The van der Waals surface area contributed by atoms with Crippen LogP contribution < -0.4 is 10.5 Å². The van der Waals surface area contributed by atoms with Crippen molar-refractivity contribution in [2.45, 2.75) is 59.0 Å². The lowest BCUT2D eigenvalue weighted by atomic mass is 9.79. The third-order valence-corrected chi connectivity index (χ3v) is 7.77. The Morgan fingerprint density at radius 1 is 1.25 bits per heavy atom. The Kier molecular flexibility index (Phi) is 4.60. The van der Waals surface area contributed by atoms with Crippen molar-refractivity contribution in [2.75, 3.05) is 4.90 Å². The monoisotopic (exact) mass is 448 g/mol. The van der Waals surface area contributed by atoms with Crippen molar-refractivity contribution in [2.24, 2.45) is 7.05 Å². The molecule has 0 aliphatic carbocycles. The lowest BCUT2D eigenvalue weighted by molar-refractivity contribution is -0.120. The SMILES string of the molecule is Cc1ccc2c(c1)C(C)CC(C)(C)N2C(=O)Cn1ncc2c3sc(C)cc3n(C)c2c1=O. The minimum absolute atomic E-state index is 0.0856. The summed E-state index contributed by atoms with van der Waals surface area (Å²) in [6.45, 7) is 10.4. The van der Waals surface area contributed by atoms with Crippen LogP contribution in [-0.4, -0.2) is 25.8 Å². The van der Waals surface area contributed by atoms with E-state index in [2.05, 4.69) is 51.9 Å². The van der Waals surface area contributed by atoms with Crippen LogP contribution in [0.4, 0.5) is 5.69 Å². The van der Waals surface area contributed by atoms with Crippen LogP contribution in [0.5, 0.6) is 0 Å². The average Bonchev–Trinajstić information content (AvgIpc) is 3.21. The van der Waals surface area contributed by atoms with Crippen LogP contribution in [0.2, 0.25) is 0 Å². The van der Waals surface area contributed by atoms with Gasteiger partial charge in [-0.2, -0.15) is 5.10 Å². The van der Waals surface area contributed by atoms with E-state index in [0.29, 0.717) is 11.4 Å². The van der Waals surface area contributed by atoms with Crippen molar-refractivity contribution in [3.63, 3.8) is 0 Å². The first kappa shape index (κ1) is 20.9. The molecule has 7 heteroatoms. The lowest BCUT2D eigenvalue weighted by Crippen LogP contribution is -2.53. The topological polar surface area (TPSA) is 60.1 Å². The standard InChI is InChI=1S/C25H28N4O2S/c1-14-7-8-19-17(9-14)15(2)11-25(4,5)29(19)21(30)13-28-24(31)22-18(12-26-28)23-20(27(22)6)10-16(3)32-23/h7-10,12,15H,11,13H2,1-6H3. The fourth-order valence-corrected chi connectivity index (χ4v) is 6.42. The van der Waals surface area contributed by atoms with Gasteiger partial charge < -0.3 is 9.47 Å². The van der Waals surface area contributed by atoms with Crippen molar-refractivity contribution in [3.8, 4) is 0 Å². The van der Waals surface area contributed by atoms with Crippen LogP contribution in [0.25, 0.3) is 21.1 Å². The summed E-state index contributed by atoms with van der Waals surface area (Å²) in [7, 11) is 1.90. The molecule has 1 aliphatic heterocycles. The van der Waals surface area contributed by atoms with Gasteiger partial charge in [-0.1, -0.05) is 24.6 Å². The Morgan fingerprint density at radius 3 is 2.75 bits per heavy atom. The highest BCUT2D eigenvalue weighted by Gasteiger charge is 2.40. The van der Waals surface area contributed by atoms with Gasteiger partial charge in [0.1, 0.15) is 12.1 Å². The maximum absolute atomic E-state index is 13.6. The Morgan fingerprint density at radius 2 is 2.00 bits per heavy atom. The number of hydrogen-bond donors (Lipinski definition) is 0. The predicted octanol–water partition coefficient (Wildman–Crippen LogP) is 4.89. The fourth-order valence-electron chi connectivity index (χ4n) is 5.36. The molecule has 0 bridgehead atoms. The Balaban J connectivity index is 1.58. The number of amides is 1. The zero-order valence-electron chi connectivity index (χ0n) is 19.4. The van der Waals surface area contributed by atoms with E-state index in [1.165, 1.54) is 20.7 Å². The maximum atomic E-state index is 13.6. The van der Waals surface area contributed by atoms with Gasteiger partial charge in [0, 0.05) is 28.5 Å². The van der Waals surface area contributed by atoms with Crippen molar-refractivity contribution < 1.29 is 4.79 Å². The van der Waals surface area contributed by atoms with Crippen LogP contribution in [0, 0.1) is 13.8 Å². The normalized spacial score (nSPS) is 17.8. The van der Waals surface area contributed by atoms with Gasteiger partial charge in [0.2, 0.25) is 5.91 Å². The number of thiophene rings is 1. The summed E-state index contributed by atoms with van der Waals surface area (Å²) in [5, 5.41) is 5.25. The molecule has 4 heterocycles. The van der Waals surface area contributed by atoms with E-state index in [0.717, 1.165) is 27.7 Å². The van der Waals surface area contributed by atoms with Crippen molar-refractivity contribution >= 4 is 44.1 Å². The summed E-state index contributed by atoms with van der Waals surface area (Å²) in [5.74, 6) is 0.244. The summed E-state index contributed by atoms with van der Waals surface area (Å²) in [4.78, 5) is 30.0. The van der Waals surface area contributed by atoms with Gasteiger partial charge in [-0.05, 0) is 57.7 Å². The van der Waals surface area contributed by atoms with E-state index in [1.807, 2.05) is 28.6 Å². The van der Waals surface area contributed by atoms with Gasteiger partial charge in [0.25, 0.3) is 5.56 Å². The highest BCUT2D eigenvalue weighted by atomic mass is 32.1. The molecule has 0 fully saturated rings. The first-order valence-electron chi connectivity index (χ1n) is 11.0. The minimum Gasteiger partial charge on any atom is -0.338 e. The number of nitrogens with zero attached hydrogens (tertiary/aromatic N) is 4. The highest BCUT2D eigenvalue weighted by Crippen LogP contribution is 2.43. The van der Waals surface area contributed by atoms with Gasteiger partial charge >= 0.3 is 0 Å². The summed E-state index contributed by atoms with van der Waals surface area (Å²) < 4.78 is 4.30. The third kappa shape index (κ3) is 3.02. The molecule has 0 N–H and O–H groups in total. The van der Waals surface area contributed by atoms with Gasteiger partial charge in [-0.15, -0.1) is 11.3 Å². The van der Waals surface area contributed by atoms with E-state index in [9.17, 15) is 9.59 Å². The highest BCUT2D eigenvalue weighted by molar-refractivity contribution is 7.20. The molecule has 1 amide bonds. The molecule has 1 atom stereocenters. The van der Waals surface area contributed by atoms with Crippen LogP contribution in [0.15, 0.2) is 35.3 Å². The molecule has 5 rings (SSSR count). The number of fused-ring (bicyclic) bond motifs is 4. The third-order valence-electron chi connectivity index (χ3n) is 6.70. The van der Waals surface area contributed by atoms with E-state index >= 15 is 0 Å². The first-order chi connectivity index (χ1) is 15.1. The van der Waals surface area contributed by atoms with E-state index < -0.39 is 0 Å². The molecule has 4 aromatic rings. The number of carbonyl (C=O) groups is 1. The number of aromatic nitrogens is 3. The lowest BCUT2D eigenvalue weighted by Gasteiger charge is -2.46. The molecule has 0 spiro atoms. The molecule has 6 nitrogen and oxygen atoms in total. The Hall–Kier alpha value is -2.93. The Bertz CT molecular complexity index is 1460. The number of carbonyl (C=O) groups excluding carboxylic acids is 1. The van der Waals surface area contributed by atoms with Crippen LogP contribution >= 0.6 is 11.3 Å². The molecule has 166 valence electrons. The summed E-state index contributed by atoms with van der Waals surface area (Å²) in [5.41, 5.74) is 4.35. The number of anilines is 1. The second kappa shape index (κ2) is 7.04. The second-order valence-electron chi connectivity index (χ2n) is 9.71. The van der Waals surface area contributed by atoms with Gasteiger partial charge in [-0.25, -0.2) is 4.68 Å². The van der Waals surface area contributed by atoms with Crippen molar-refractivity contribution in [3.05, 3.63) is 56.8 Å². The average molecular weight is 449 g/mol. The van der Waals surface area contributed by atoms with Crippen LogP contribution in [0.3, 0.4) is 0 Å². The summed E-state index contributed by atoms with van der Waals surface area (Å²) >= 11 is 1.66. The second-order valence-corrected chi connectivity index (χ2v) is 11.0. The molecule has 32 heavy (non-hydrogen) atoms. The largest absolute Gasteiger partial charge is 0.338 e. The molecular formula is C25H28N4O2S. The van der Waals surface area contributed by atoms with Crippen LogP contribution in [0.1, 0.15) is 49.1 Å². The van der Waals surface area contributed by atoms with Gasteiger partial charge in [0.15, 0.2) is 0 Å². The molecular weight excluding hydrogens is 420 g/mol. The number of rotatable bonds is 2. The molecule has 1 unspecified atom stereocenters. The summed E-state index contributed by atoms with van der Waals surface area (Å²) in [6, 6.07) is 8.34. The zero-order chi connectivity index (χ0) is 22.9. The number of hydrogen-bond acceptors (Lipinski definition) is 4. The van der Waals surface area contributed by atoms with Gasteiger partial charge in [0.05, 0.1) is 16.4 Å². The molecule has 0 saturated heterocycles. The van der Waals surface area contributed by atoms with Crippen molar-refractivity contribution in [1.82, 2.24) is 14.3 Å². The zero-order valence-corrected chi connectivity index (χ0v) is 20.2. The van der Waals surface area contributed by atoms with Gasteiger partial charge in [-0.3, -0.25) is 9.59 Å². The molecule has 0 radical (unpaired) electrons. The molecule has 1 aromatic carbocycles. The van der Waals surface area contributed by atoms with E-state index in [1.54, 1.807) is 17.5 Å². The van der Waals surface area contributed by atoms with Crippen molar-refractivity contribution in [1.29, 1.82) is 0 Å². The molecule has 3 aromatic heterocycles. The smallest absolute Gasteiger partial charge is 0.291 e. The first-order valence-corrected chi connectivity index (χ1v) is 11.8. The summed E-state index contributed by atoms with van der Waals surface area (Å²) in [6.07, 6.45) is 2.59. The maximum Gasteiger partial charge on any atom is 0.291 e. The number of benzene rings is 1. The minimum atomic E-state index is -0.350. The number of aryl methyl sites for hydroxylation is 3. The predicted molar refractivity (Wildman–Crippen MR) is 131 cm³/mol. The molecule has 1 aliphatic rings. The van der Waals surface area contributed by atoms with E-state index in [4.69, 9.17) is 0 Å². The Labute approximate surface area is 191 Å². The fraction of sp³-hybridized carbons (Fsp3) is 0.400. The molecule has 0 saturated carbocycles. The van der Waals surface area contributed by atoms with E-state index in [-0.39, 0.29) is 23.6 Å². The van der Waals surface area contributed by atoms with Crippen LogP contribution in [-0.2, 0) is 18.4 Å².